The molecule has 1 N–H and O–H groups in total. The molecule has 0 bridgehead atoms. The van der Waals surface area contributed by atoms with E-state index in [0.29, 0.717) is 0 Å². The van der Waals surface area contributed by atoms with Gasteiger partial charge in [0.25, 0.3) is 0 Å². The van der Waals surface area contributed by atoms with Crippen molar-refractivity contribution in [3.05, 3.63) is 58.7 Å². The van der Waals surface area contributed by atoms with E-state index >= 15 is 0 Å². The first-order valence-corrected chi connectivity index (χ1v) is 8.30. The van der Waals surface area contributed by atoms with Crippen LogP contribution in [0.2, 0.25) is 0 Å². The van der Waals surface area contributed by atoms with Gasteiger partial charge in [-0.25, -0.2) is 9.97 Å². The highest BCUT2D eigenvalue weighted by atomic mass is 32.1. The Morgan fingerprint density at radius 3 is 2.77 bits per heavy atom. The Balaban J connectivity index is 1.77. The predicted octanol–water partition coefficient (Wildman–Crippen LogP) is 4.69. The Morgan fingerprint density at radius 2 is 2.00 bits per heavy atom. The first-order chi connectivity index (χ1) is 10.8. The summed E-state index contributed by atoms with van der Waals surface area (Å²) in [7, 11) is 0. The molecule has 0 saturated heterocycles. The smallest absolute Gasteiger partial charge is 0.138 e. The van der Waals surface area contributed by atoms with Gasteiger partial charge in [0.2, 0.25) is 0 Å². The van der Waals surface area contributed by atoms with Crippen LogP contribution in [-0.2, 0) is 6.42 Å². The highest BCUT2D eigenvalue weighted by Crippen LogP contribution is 2.28. The van der Waals surface area contributed by atoms with E-state index < -0.39 is 0 Å². The fraction of sp³-hybridized carbons (Fsp3) is 0.222. The molecule has 0 aliphatic heterocycles. The third-order valence-corrected chi connectivity index (χ3v) is 4.32. The molecule has 22 heavy (non-hydrogen) atoms. The van der Waals surface area contributed by atoms with E-state index in [-0.39, 0.29) is 0 Å². The highest BCUT2D eigenvalue weighted by molar-refractivity contribution is 7.18. The molecule has 0 aliphatic rings. The first-order valence-electron chi connectivity index (χ1n) is 7.49. The van der Waals surface area contributed by atoms with Crippen LogP contribution in [0, 0.1) is 6.92 Å². The number of nitrogens with one attached hydrogen (secondary N) is 1. The number of hydrogen-bond acceptors (Lipinski definition) is 4. The van der Waals surface area contributed by atoms with Gasteiger partial charge in [-0.3, -0.25) is 0 Å². The van der Waals surface area contributed by atoms with Crippen LogP contribution in [0.4, 0.5) is 5.82 Å². The quantitative estimate of drug-likeness (QED) is 0.743. The molecule has 1 aromatic carbocycles. The van der Waals surface area contributed by atoms with Gasteiger partial charge >= 0.3 is 0 Å². The van der Waals surface area contributed by atoms with Crippen LogP contribution in [0.15, 0.2) is 42.5 Å². The minimum absolute atomic E-state index is 0.749. The van der Waals surface area contributed by atoms with Crippen molar-refractivity contribution in [3.63, 3.8) is 0 Å². The molecule has 0 atom stereocenters. The molecular weight excluding hydrogens is 290 g/mol. The molecule has 3 aromatic rings. The van der Waals surface area contributed by atoms with E-state index in [0.717, 1.165) is 34.8 Å². The molecule has 2 aromatic heterocycles. The topological polar surface area (TPSA) is 37.8 Å². The lowest BCUT2D eigenvalue weighted by atomic mass is 10.2. The average molecular weight is 309 g/mol. The van der Waals surface area contributed by atoms with E-state index in [2.05, 4.69) is 59.5 Å². The SMILES string of the molecule is CCc1nc(NCC=Cc2ccccc2)c2cc(C)sc2n1. The molecule has 3 rings (SSSR count). The van der Waals surface area contributed by atoms with Gasteiger partial charge in [0.15, 0.2) is 0 Å². The Hall–Kier alpha value is -2.20. The standard InChI is InChI=1S/C18H19N3S/c1-3-16-20-17(15-12-13(2)22-18(15)21-16)19-11-7-10-14-8-5-4-6-9-14/h4-10,12H,3,11H2,1-2H3,(H,19,20,21). The summed E-state index contributed by atoms with van der Waals surface area (Å²) in [5.41, 5.74) is 1.21. The van der Waals surface area contributed by atoms with Crippen LogP contribution in [0.1, 0.15) is 23.2 Å². The Morgan fingerprint density at radius 1 is 1.18 bits per heavy atom. The molecule has 112 valence electrons. The summed E-state index contributed by atoms with van der Waals surface area (Å²) in [6.45, 7) is 4.94. The van der Waals surface area contributed by atoms with Crippen LogP contribution < -0.4 is 5.32 Å². The molecule has 0 spiro atoms. The van der Waals surface area contributed by atoms with Crippen LogP contribution >= 0.6 is 11.3 Å². The second-order valence-corrected chi connectivity index (χ2v) is 6.35. The molecule has 0 radical (unpaired) electrons. The van der Waals surface area contributed by atoms with Crippen molar-refractivity contribution in [1.29, 1.82) is 0 Å². The van der Waals surface area contributed by atoms with Crippen molar-refractivity contribution in [1.82, 2.24) is 9.97 Å². The van der Waals surface area contributed by atoms with Gasteiger partial charge in [0, 0.05) is 17.8 Å². The molecule has 3 nitrogen and oxygen atoms in total. The zero-order valence-electron chi connectivity index (χ0n) is 12.8. The fourth-order valence-electron chi connectivity index (χ4n) is 2.29. The van der Waals surface area contributed by atoms with Gasteiger partial charge in [0.05, 0.1) is 5.39 Å². The second kappa shape index (κ2) is 6.71. The Kier molecular flexibility index (Phi) is 4.49. The lowest BCUT2D eigenvalue weighted by Crippen LogP contribution is -2.04. The van der Waals surface area contributed by atoms with Crippen molar-refractivity contribution < 1.29 is 0 Å². The van der Waals surface area contributed by atoms with Gasteiger partial charge < -0.3 is 5.32 Å². The Labute approximate surface area is 134 Å². The van der Waals surface area contributed by atoms with E-state index in [9.17, 15) is 0 Å². The largest absolute Gasteiger partial charge is 0.366 e. The van der Waals surface area contributed by atoms with Crippen molar-refractivity contribution in [3.8, 4) is 0 Å². The number of nitrogens with zero attached hydrogens (tertiary/aromatic N) is 2. The predicted molar refractivity (Wildman–Crippen MR) is 95.5 cm³/mol. The third kappa shape index (κ3) is 3.34. The number of hydrogen-bond donors (Lipinski definition) is 1. The van der Waals surface area contributed by atoms with Gasteiger partial charge in [-0.05, 0) is 18.6 Å². The summed E-state index contributed by atoms with van der Waals surface area (Å²) in [4.78, 5) is 11.6. The van der Waals surface area contributed by atoms with E-state index in [1.807, 2.05) is 18.2 Å². The highest BCUT2D eigenvalue weighted by Gasteiger charge is 2.08. The number of benzene rings is 1. The number of aromatic nitrogens is 2. The summed E-state index contributed by atoms with van der Waals surface area (Å²) in [5, 5.41) is 4.53. The number of aryl methyl sites for hydroxylation is 2. The van der Waals surface area contributed by atoms with E-state index in [4.69, 9.17) is 0 Å². The molecule has 2 heterocycles. The van der Waals surface area contributed by atoms with Crippen LogP contribution in [-0.4, -0.2) is 16.5 Å². The normalized spacial score (nSPS) is 11.4. The minimum Gasteiger partial charge on any atom is -0.366 e. The minimum atomic E-state index is 0.749. The van der Waals surface area contributed by atoms with Crippen LogP contribution in [0.25, 0.3) is 16.3 Å². The number of thiophene rings is 1. The van der Waals surface area contributed by atoms with Crippen molar-refractivity contribution in [2.45, 2.75) is 20.3 Å². The molecule has 4 heteroatoms. The summed E-state index contributed by atoms with van der Waals surface area (Å²) >= 11 is 1.72. The van der Waals surface area contributed by atoms with Crippen molar-refractivity contribution in [2.24, 2.45) is 0 Å². The third-order valence-electron chi connectivity index (χ3n) is 3.38. The molecule has 0 aliphatic carbocycles. The lowest BCUT2D eigenvalue weighted by molar-refractivity contribution is 0.963. The maximum atomic E-state index is 4.63. The maximum absolute atomic E-state index is 4.63. The van der Waals surface area contributed by atoms with Crippen molar-refractivity contribution >= 4 is 33.4 Å². The zero-order chi connectivity index (χ0) is 15.4. The number of fused-ring (bicyclic) bond motifs is 1. The summed E-state index contributed by atoms with van der Waals surface area (Å²) < 4.78 is 0. The lowest BCUT2D eigenvalue weighted by Gasteiger charge is -2.06. The monoisotopic (exact) mass is 309 g/mol. The maximum Gasteiger partial charge on any atom is 0.138 e. The summed E-state index contributed by atoms with van der Waals surface area (Å²) in [6.07, 6.45) is 5.08. The van der Waals surface area contributed by atoms with Gasteiger partial charge in [0.1, 0.15) is 16.5 Å². The van der Waals surface area contributed by atoms with Gasteiger partial charge in [-0.15, -0.1) is 11.3 Å². The summed E-state index contributed by atoms with van der Waals surface area (Å²) in [5.74, 6) is 1.83. The molecule has 0 amide bonds. The van der Waals surface area contributed by atoms with E-state index in [1.54, 1.807) is 11.3 Å². The van der Waals surface area contributed by atoms with Gasteiger partial charge in [-0.1, -0.05) is 49.4 Å². The number of anilines is 1. The molecule has 0 fully saturated rings. The van der Waals surface area contributed by atoms with Crippen molar-refractivity contribution in [2.75, 3.05) is 11.9 Å². The second-order valence-electron chi connectivity index (χ2n) is 5.11. The van der Waals surface area contributed by atoms with Crippen LogP contribution in [0.3, 0.4) is 0 Å². The van der Waals surface area contributed by atoms with E-state index in [1.165, 1.54) is 10.4 Å². The molecule has 0 unspecified atom stereocenters. The van der Waals surface area contributed by atoms with Crippen LogP contribution in [0.5, 0.6) is 0 Å². The fourth-order valence-corrected chi connectivity index (χ4v) is 3.19. The molecular formula is C18H19N3S. The van der Waals surface area contributed by atoms with Gasteiger partial charge in [-0.2, -0.15) is 0 Å². The number of rotatable bonds is 5. The first kappa shape index (κ1) is 14.7. The molecule has 0 saturated carbocycles. The Bertz CT molecular complexity index is 791. The average Bonchev–Trinajstić information content (AvgIpc) is 2.92. The summed E-state index contributed by atoms with van der Waals surface area (Å²) in [6, 6.07) is 12.5. The zero-order valence-corrected chi connectivity index (χ0v) is 13.7.